The highest BCUT2D eigenvalue weighted by Gasteiger charge is 1.91. The van der Waals surface area contributed by atoms with Crippen molar-refractivity contribution in [1.82, 2.24) is 0 Å². The number of esters is 2. The number of methoxy groups -OCH3 is 2. The summed E-state index contributed by atoms with van der Waals surface area (Å²) in [4.78, 5) is 20.4. The second kappa shape index (κ2) is 33.3. The molecule has 0 aliphatic rings. The summed E-state index contributed by atoms with van der Waals surface area (Å²) in [5, 5.41) is 0. The van der Waals surface area contributed by atoms with E-state index < -0.39 is 0 Å². The third-order valence-corrected chi connectivity index (χ3v) is 1.86. The van der Waals surface area contributed by atoms with Crippen molar-refractivity contribution in [2.24, 2.45) is 0 Å². The van der Waals surface area contributed by atoms with E-state index in [0.29, 0.717) is 19.8 Å². The van der Waals surface area contributed by atoms with Crippen molar-refractivity contribution >= 4 is 11.9 Å². The lowest BCUT2D eigenvalue weighted by Crippen LogP contribution is -2.01. The van der Waals surface area contributed by atoms with Crippen LogP contribution in [0.15, 0.2) is 12.2 Å². The van der Waals surface area contributed by atoms with E-state index in [1.807, 2.05) is 0 Å². The Balaban J connectivity index is -0.0000000579. The fourth-order valence-corrected chi connectivity index (χ4v) is 0.962. The van der Waals surface area contributed by atoms with Gasteiger partial charge in [0.1, 0.15) is 6.61 Å². The monoisotopic (exact) mass is 354 g/mol. The van der Waals surface area contributed by atoms with Crippen molar-refractivity contribution in [3.05, 3.63) is 12.2 Å². The molecular formula is C18H42O6. The van der Waals surface area contributed by atoms with Gasteiger partial charge in [-0.05, 0) is 18.9 Å². The number of hydrogen-bond acceptors (Lipinski definition) is 6. The summed E-state index contributed by atoms with van der Waals surface area (Å²) in [6, 6.07) is 0. The first-order valence-electron chi connectivity index (χ1n) is 6.44. The molecule has 0 heterocycles. The van der Waals surface area contributed by atoms with Crippen LogP contribution >= 0.6 is 0 Å². The molecular weight excluding hydrogens is 312 g/mol. The van der Waals surface area contributed by atoms with Crippen molar-refractivity contribution in [2.75, 3.05) is 40.6 Å². The van der Waals surface area contributed by atoms with Crippen molar-refractivity contribution in [3.63, 3.8) is 0 Å². The van der Waals surface area contributed by atoms with Gasteiger partial charge in [0.2, 0.25) is 0 Å². The van der Waals surface area contributed by atoms with Gasteiger partial charge in [-0.3, -0.25) is 9.59 Å². The van der Waals surface area contributed by atoms with E-state index in [9.17, 15) is 9.59 Å². The first kappa shape index (κ1) is 38.3. The molecule has 0 amide bonds. The van der Waals surface area contributed by atoms with E-state index in [-0.39, 0.29) is 41.6 Å². The molecule has 0 aromatic carbocycles. The van der Waals surface area contributed by atoms with Gasteiger partial charge in [0.25, 0.3) is 0 Å². The molecule has 0 unspecified atom stereocenters. The predicted octanol–water partition coefficient (Wildman–Crippen LogP) is 4.27. The number of hydrogen-bond donors (Lipinski definition) is 0. The van der Waals surface area contributed by atoms with Crippen LogP contribution in [-0.4, -0.2) is 52.6 Å². The van der Waals surface area contributed by atoms with Crippen LogP contribution in [0.3, 0.4) is 0 Å². The second-order valence-corrected chi connectivity index (χ2v) is 3.77. The molecule has 0 rings (SSSR count). The highest BCUT2D eigenvalue weighted by Crippen LogP contribution is 1.90. The predicted molar refractivity (Wildman–Crippen MR) is 102 cm³/mol. The third-order valence-electron chi connectivity index (χ3n) is 1.86. The minimum atomic E-state index is -0.262. The van der Waals surface area contributed by atoms with Gasteiger partial charge in [-0.1, -0.05) is 35.8 Å². The van der Waals surface area contributed by atoms with E-state index in [1.165, 1.54) is 13.8 Å². The Labute approximate surface area is 150 Å². The van der Waals surface area contributed by atoms with E-state index in [2.05, 4.69) is 4.74 Å². The zero-order valence-corrected chi connectivity index (χ0v) is 12.8. The van der Waals surface area contributed by atoms with Crippen LogP contribution in [0, 0.1) is 0 Å². The molecule has 0 bridgehead atoms. The molecule has 0 N–H and O–H groups in total. The van der Waals surface area contributed by atoms with E-state index in [4.69, 9.17) is 14.2 Å². The van der Waals surface area contributed by atoms with Crippen molar-refractivity contribution in [2.45, 2.75) is 56.4 Å². The number of carbonyl (C=O) groups is 2. The van der Waals surface area contributed by atoms with Gasteiger partial charge in [0, 0.05) is 34.7 Å². The zero-order valence-electron chi connectivity index (χ0n) is 12.8. The SMILES string of the molecule is C.C.C.C.COCC=CCOC(C)=O.COCCCCOC(C)=O. The fraction of sp³-hybridized carbons (Fsp3) is 0.778. The molecule has 0 aliphatic carbocycles. The van der Waals surface area contributed by atoms with Crippen LogP contribution in [0.2, 0.25) is 0 Å². The Morgan fingerprint density at radius 3 is 1.58 bits per heavy atom. The molecule has 6 nitrogen and oxygen atoms in total. The first-order chi connectivity index (χ1) is 9.54. The number of rotatable bonds is 9. The Kier molecular flexibility index (Phi) is 53.0. The lowest BCUT2D eigenvalue weighted by atomic mass is 10.3. The third kappa shape index (κ3) is 49.8. The number of unbranched alkanes of at least 4 members (excludes halogenated alkanes) is 1. The number of carbonyl (C=O) groups excluding carboxylic acids is 2. The highest BCUT2D eigenvalue weighted by molar-refractivity contribution is 5.66. The maximum absolute atomic E-state index is 10.2. The summed E-state index contributed by atoms with van der Waals surface area (Å²) >= 11 is 0. The van der Waals surface area contributed by atoms with Crippen LogP contribution in [0.25, 0.3) is 0 Å². The molecule has 0 saturated carbocycles. The summed E-state index contributed by atoms with van der Waals surface area (Å²) in [5.74, 6) is -0.473. The summed E-state index contributed by atoms with van der Waals surface area (Å²) in [5.41, 5.74) is 0. The summed E-state index contributed by atoms with van der Waals surface area (Å²) < 4.78 is 18.8. The highest BCUT2D eigenvalue weighted by atomic mass is 16.5. The first-order valence-corrected chi connectivity index (χ1v) is 6.44. The molecule has 0 atom stereocenters. The molecule has 24 heavy (non-hydrogen) atoms. The molecule has 0 fully saturated rings. The molecule has 0 aliphatic heterocycles. The quantitative estimate of drug-likeness (QED) is 0.350. The average molecular weight is 355 g/mol. The minimum Gasteiger partial charge on any atom is -0.466 e. The molecule has 0 saturated heterocycles. The molecule has 0 aromatic heterocycles. The topological polar surface area (TPSA) is 71.1 Å². The van der Waals surface area contributed by atoms with Crippen molar-refractivity contribution < 1.29 is 28.5 Å². The lowest BCUT2D eigenvalue weighted by Gasteiger charge is -1.99. The molecule has 150 valence electrons. The van der Waals surface area contributed by atoms with Gasteiger partial charge in [0.15, 0.2) is 0 Å². The van der Waals surface area contributed by atoms with Crippen molar-refractivity contribution in [3.8, 4) is 0 Å². The smallest absolute Gasteiger partial charge is 0.302 e. The summed E-state index contributed by atoms with van der Waals surface area (Å²) in [6.07, 6.45) is 5.37. The summed E-state index contributed by atoms with van der Waals surface area (Å²) in [7, 11) is 3.27. The van der Waals surface area contributed by atoms with Crippen LogP contribution < -0.4 is 0 Å². The van der Waals surface area contributed by atoms with Gasteiger partial charge in [0.05, 0.1) is 13.2 Å². The van der Waals surface area contributed by atoms with Crippen molar-refractivity contribution in [1.29, 1.82) is 0 Å². The second-order valence-electron chi connectivity index (χ2n) is 3.77. The molecule has 0 aromatic rings. The van der Waals surface area contributed by atoms with Crippen LogP contribution in [0.5, 0.6) is 0 Å². The van der Waals surface area contributed by atoms with Crippen LogP contribution in [0.1, 0.15) is 56.4 Å². The van der Waals surface area contributed by atoms with E-state index in [1.54, 1.807) is 26.4 Å². The fourth-order valence-electron chi connectivity index (χ4n) is 0.962. The summed E-state index contributed by atoms with van der Waals surface area (Å²) in [6.45, 7) is 4.93. The molecule has 0 radical (unpaired) electrons. The standard InChI is InChI=1S/C7H14O3.C7H12O3.4CH4/c2*1-7(8)10-6-4-3-5-9-2;;;;/h3-6H2,1-2H3;3-4H,5-6H2,1-2H3;4*1H4. The Bertz CT molecular complexity index is 264. The average Bonchev–Trinajstić information content (AvgIpc) is 2.38. The Hall–Kier alpha value is -1.40. The van der Waals surface area contributed by atoms with Crippen LogP contribution in [0.4, 0.5) is 0 Å². The van der Waals surface area contributed by atoms with Gasteiger partial charge in [-0.15, -0.1) is 0 Å². The van der Waals surface area contributed by atoms with Crippen LogP contribution in [-0.2, 0) is 28.5 Å². The van der Waals surface area contributed by atoms with E-state index >= 15 is 0 Å². The normalized spacial score (nSPS) is 8.17. The number of ether oxygens (including phenoxy) is 4. The van der Waals surface area contributed by atoms with E-state index in [0.717, 1.165) is 19.4 Å². The van der Waals surface area contributed by atoms with Gasteiger partial charge in [-0.25, -0.2) is 0 Å². The maximum Gasteiger partial charge on any atom is 0.302 e. The molecule has 6 heteroatoms. The van der Waals surface area contributed by atoms with Gasteiger partial charge < -0.3 is 18.9 Å². The Morgan fingerprint density at radius 1 is 0.708 bits per heavy atom. The zero-order chi connectivity index (χ0) is 15.6. The molecule has 0 spiro atoms. The maximum atomic E-state index is 10.2. The lowest BCUT2D eigenvalue weighted by molar-refractivity contribution is -0.141. The van der Waals surface area contributed by atoms with Gasteiger partial charge in [-0.2, -0.15) is 0 Å². The minimum absolute atomic E-state index is 0. The van der Waals surface area contributed by atoms with Gasteiger partial charge >= 0.3 is 11.9 Å². The largest absolute Gasteiger partial charge is 0.466 e. The Morgan fingerprint density at radius 2 is 1.17 bits per heavy atom.